The number of nitrogens with zero attached hydrogens (tertiary/aromatic N) is 1. The van der Waals surface area contributed by atoms with Gasteiger partial charge >= 0.3 is 0 Å². The Labute approximate surface area is 139 Å². The van der Waals surface area contributed by atoms with Crippen molar-refractivity contribution in [3.63, 3.8) is 0 Å². The van der Waals surface area contributed by atoms with Crippen molar-refractivity contribution in [1.82, 2.24) is 5.06 Å². The lowest BCUT2D eigenvalue weighted by atomic mass is 9.99. The molecule has 120 valence electrons. The normalized spacial score (nSPS) is 17.5. The zero-order chi connectivity index (χ0) is 16.5. The fourth-order valence-electron chi connectivity index (χ4n) is 2.21. The largest absolute Gasteiger partial charge is 0.509 e. The van der Waals surface area contributed by atoms with Crippen LogP contribution < -0.4 is 0 Å². The van der Waals surface area contributed by atoms with Crippen molar-refractivity contribution in [2.24, 2.45) is 0 Å². The Morgan fingerprint density at radius 2 is 1.86 bits per heavy atom. The predicted octanol–water partition coefficient (Wildman–Crippen LogP) is 3.81. The van der Waals surface area contributed by atoms with Crippen LogP contribution in [0.15, 0.2) is 24.0 Å². The number of halogens is 2. The van der Waals surface area contributed by atoms with E-state index in [0.29, 0.717) is 12.2 Å². The first-order chi connectivity index (χ1) is 10.3. The Bertz CT molecular complexity index is 608. The van der Waals surface area contributed by atoms with E-state index >= 15 is 0 Å². The van der Waals surface area contributed by atoms with Gasteiger partial charge in [-0.1, -0.05) is 29.3 Å². The molecule has 1 N–H and O–H groups in total. The fraction of sp³-hybridized carbons (Fsp3) is 0.400. The highest BCUT2D eigenvalue weighted by molar-refractivity contribution is 6.41. The summed E-state index contributed by atoms with van der Waals surface area (Å²) >= 11 is 12.3. The van der Waals surface area contributed by atoms with Crippen LogP contribution in [0.4, 0.5) is 0 Å². The predicted molar refractivity (Wildman–Crippen MR) is 84.5 cm³/mol. The molecule has 5 nitrogen and oxygen atoms in total. The molecule has 0 radical (unpaired) electrons. The van der Waals surface area contributed by atoms with Gasteiger partial charge in [-0.25, -0.2) is 9.90 Å². The third-order valence-corrected chi connectivity index (χ3v) is 4.03. The van der Waals surface area contributed by atoms with E-state index in [1.54, 1.807) is 32.0 Å². The van der Waals surface area contributed by atoms with Gasteiger partial charge in [0, 0.05) is 12.2 Å². The third-order valence-electron chi connectivity index (χ3n) is 3.40. The number of hydrogen-bond donors (Lipinski definition) is 1. The molecule has 0 aliphatic carbocycles. The molecule has 1 heterocycles. The number of amides is 1. The van der Waals surface area contributed by atoms with E-state index in [1.807, 2.05) is 6.92 Å². The molecule has 1 amide bonds. The third kappa shape index (κ3) is 2.82. The molecule has 7 heteroatoms. The Kier molecular flexibility index (Phi) is 5.02. The van der Waals surface area contributed by atoms with Gasteiger partial charge in [0.05, 0.1) is 15.6 Å². The molecule has 0 fully saturated rings. The minimum atomic E-state index is -1.05. The summed E-state index contributed by atoms with van der Waals surface area (Å²) in [6.45, 7) is 5.48. The molecule has 0 saturated carbocycles. The van der Waals surface area contributed by atoms with Gasteiger partial charge in [-0.05, 0) is 32.9 Å². The Balaban J connectivity index is 2.44. The summed E-state index contributed by atoms with van der Waals surface area (Å²) in [6.07, 6.45) is 0. The van der Waals surface area contributed by atoms with E-state index in [2.05, 4.69) is 0 Å². The summed E-state index contributed by atoms with van der Waals surface area (Å²) in [5.41, 5.74) is -0.715. The maximum absolute atomic E-state index is 12.6. The summed E-state index contributed by atoms with van der Waals surface area (Å²) in [6, 6.07) is 4.87. The molecule has 1 aromatic rings. The van der Waals surface area contributed by atoms with Gasteiger partial charge in [-0.3, -0.25) is 4.79 Å². The van der Waals surface area contributed by atoms with E-state index < -0.39 is 11.4 Å². The first kappa shape index (κ1) is 17.1. The van der Waals surface area contributed by atoms with E-state index in [9.17, 15) is 9.90 Å². The summed E-state index contributed by atoms with van der Waals surface area (Å²) in [7, 11) is 0. The summed E-state index contributed by atoms with van der Waals surface area (Å²) < 4.78 is 5.09. The van der Waals surface area contributed by atoms with Crippen molar-refractivity contribution in [1.29, 1.82) is 0 Å². The molecule has 0 saturated heterocycles. The van der Waals surface area contributed by atoms with Crippen LogP contribution in [0.1, 0.15) is 26.3 Å². The van der Waals surface area contributed by atoms with E-state index in [0.717, 1.165) is 5.06 Å². The van der Waals surface area contributed by atoms with E-state index in [1.165, 1.54) is 0 Å². The molecule has 0 aromatic heterocycles. The maximum Gasteiger partial charge on any atom is 0.282 e. The number of hydroxylamine groups is 2. The van der Waals surface area contributed by atoms with Crippen LogP contribution in [0.5, 0.6) is 0 Å². The standard InChI is InChI=1S/C15H17Cl2NO4/c1-4-21-8-22-18-14(20)12(13(19)15(18,2)3)11-9(16)6-5-7-10(11)17/h5-7,19H,4,8H2,1-3H3. The molecule has 1 aromatic carbocycles. The Morgan fingerprint density at radius 3 is 2.41 bits per heavy atom. The van der Waals surface area contributed by atoms with Crippen molar-refractivity contribution >= 4 is 34.7 Å². The Morgan fingerprint density at radius 1 is 1.27 bits per heavy atom. The highest BCUT2D eigenvalue weighted by Crippen LogP contribution is 2.43. The first-order valence-corrected chi connectivity index (χ1v) is 7.51. The highest BCUT2D eigenvalue weighted by Gasteiger charge is 2.48. The van der Waals surface area contributed by atoms with Crippen molar-refractivity contribution in [3.8, 4) is 0 Å². The number of carbonyl (C=O) groups is 1. The molecule has 0 atom stereocenters. The van der Waals surface area contributed by atoms with Crippen molar-refractivity contribution in [2.75, 3.05) is 13.4 Å². The number of benzene rings is 1. The molecular formula is C15H17Cl2NO4. The smallest absolute Gasteiger partial charge is 0.282 e. The van der Waals surface area contributed by atoms with Gasteiger partial charge < -0.3 is 9.84 Å². The SMILES string of the molecule is CCOCON1C(=O)C(c2c(Cl)cccc2Cl)=C(O)C1(C)C. The second-order valence-corrected chi connectivity index (χ2v) is 6.03. The summed E-state index contributed by atoms with van der Waals surface area (Å²) in [4.78, 5) is 18.0. The monoisotopic (exact) mass is 345 g/mol. The van der Waals surface area contributed by atoms with Gasteiger partial charge in [-0.15, -0.1) is 0 Å². The number of carbonyl (C=O) groups excluding carboxylic acids is 1. The molecule has 0 unspecified atom stereocenters. The average molecular weight is 346 g/mol. The fourth-order valence-corrected chi connectivity index (χ4v) is 2.80. The lowest BCUT2D eigenvalue weighted by Crippen LogP contribution is -2.44. The maximum atomic E-state index is 12.6. The van der Waals surface area contributed by atoms with Crippen LogP contribution in [0.3, 0.4) is 0 Å². The van der Waals surface area contributed by atoms with E-state index in [4.69, 9.17) is 32.8 Å². The van der Waals surface area contributed by atoms with Gasteiger partial charge in [0.1, 0.15) is 11.3 Å². The van der Waals surface area contributed by atoms with Crippen molar-refractivity contribution in [3.05, 3.63) is 39.6 Å². The van der Waals surface area contributed by atoms with Crippen LogP contribution in [0.25, 0.3) is 5.57 Å². The number of rotatable bonds is 5. The molecule has 0 bridgehead atoms. The van der Waals surface area contributed by atoms with Crippen LogP contribution in [-0.2, 0) is 14.4 Å². The van der Waals surface area contributed by atoms with Gasteiger partial charge in [0.15, 0.2) is 6.79 Å². The summed E-state index contributed by atoms with van der Waals surface area (Å²) in [5, 5.41) is 12.1. The van der Waals surface area contributed by atoms with E-state index in [-0.39, 0.29) is 28.2 Å². The second kappa shape index (κ2) is 6.46. The molecule has 2 rings (SSSR count). The molecule has 0 spiro atoms. The zero-order valence-corrected chi connectivity index (χ0v) is 14.0. The van der Waals surface area contributed by atoms with Crippen LogP contribution in [0.2, 0.25) is 10.0 Å². The number of aliphatic hydroxyl groups excluding tert-OH is 1. The lowest BCUT2D eigenvalue weighted by molar-refractivity contribution is -0.242. The number of hydrogen-bond acceptors (Lipinski definition) is 4. The van der Waals surface area contributed by atoms with Crippen LogP contribution >= 0.6 is 23.2 Å². The second-order valence-electron chi connectivity index (χ2n) is 5.22. The Hall–Kier alpha value is -1.27. The minimum Gasteiger partial charge on any atom is -0.509 e. The van der Waals surface area contributed by atoms with Crippen molar-refractivity contribution < 1.29 is 19.5 Å². The molecule has 1 aliphatic rings. The first-order valence-electron chi connectivity index (χ1n) is 6.75. The topological polar surface area (TPSA) is 59.0 Å². The minimum absolute atomic E-state index is 0.0390. The quantitative estimate of drug-likeness (QED) is 0.651. The number of ether oxygens (including phenoxy) is 1. The highest BCUT2D eigenvalue weighted by atomic mass is 35.5. The number of aliphatic hydroxyl groups is 1. The molecular weight excluding hydrogens is 329 g/mol. The van der Waals surface area contributed by atoms with Crippen molar-refractivity contribution in [2.45, 2.75) is 26.3 Å². The van der Waals surface area contributed by atoms with Gasteiger partial charge in [-0.2, -0.15) is 0 Å². The molecule has 1 aliphatic heterocycles. The zero-order valence-electron chi connectivity index (χ0n) is 12.5. The summed E-state index contributed by atoms with van der Waals surface area (Å²) in [5.74, 6) is -0.666. The van der Waals surface area contributed by atoms with Crippen LogP contribution in [-0.4, -0.2) is 35.0 Å². The molecule has 22 heavy (non-hydrogen) atoms. The lowest BCUT2D eigenvalue weighted by Gasteiger charge is -2.30. The van der Waals surface area contributed by atoms with Crippen LogP contribution in [0, 0.1) is 0 Å². The van der Waals surface area contributed by atoms with Gasteiger partial charge in [0.2, 0.25) is 0 Å². The average Bonchev–Trinajstić information content (AvgIpc) is 2.61. The van der Waals surface area contributed by atoms with Gasteiger partial charge in [0.25, 0.3) is 5.91 Å².